The highest BCUT2D eigenvalue weighted by Crippen LogP contribution is 2.13. The van der Waals surface area contributed by atoms with Gasteiger partial charge in [-0.15, -0.1) is 0 Å². The van der Waals surface area contributed by atoms with Crippen molar-refractivity contribution >= 4 is 23.4 Å². The number of Topliss-reactive ketones (excluding diaryl/α,β-unsaturated/α-hetero) is 1. The highest BCUT2D eigenvalue weighted by molar-refractivity contribution is 6.03. The lowest BCUT2D eigenvalue weighted by atomic mass is 10.1. The van der Waals surface area contributed by atoms with Gasteiger partial charge < -0.3 is 0 Å². The number of hydrazone groups is 1. The Labute approximate surface area is 127 Å². The Hall–Kier alpha value is -3.02. The monoisotopic (exact) mass is 297 g/mol. The number of carbonyl (C=O) groups excluding carboxylic acids is 1. The number of anilines is 1. The van der Waals surface area contributed by atoms with Gasteiger partial charge in [0.1, 0.15) is 0 Å². The highest BCUT2D eigenvalue weighted by atomic mass is 16.6. The van der Waals surface area contributed by atoms with Crippen LogP contribution in [0.2, 0.25) is 0 Å². The van der Waals surface area contributed by atoms with Crippen LogP contribution in [-0.4, -0.2) is 24.0 Å². The zero-order valence-corrected chi connectivity index (χ0v) is 12.0. The Morgan fingerprint density at radius 2 is 1.82 bits per heavy atom. The molecule has 0 aromatic heterocycles. The highest BCUT2D eigenvalue weighted by Gasteiger charge is 2.08. The fourth-order valence-corrected chi connectivity index (χ4v) is 1.84. The minimum absolute atomic E-state index is 0.0333. The van der Waals surface area contributed by atoms with E-state index >= 15 is 0 Å². The average molecular weight is 297 g/mol. The number of ketones is 1. The second-order valence-electron chi connectivity index (χ2n) is 4.59. The predicted octanol–water partition coefficient (Wildman–Crippen LogP) is 3.29. The summed E-state index contributed by atoms with van der Waals surface area (Å²) in [5.74, 6) is -0.139. The molecule has 112 valence electrons. The zero-order chi connectivity index (χ0) is 15.9. The molecule has 6 heteroatoms. The molecule has 0 fully saturated rings. The SMILES string of the molecule is CN(/N=C/CC(=O)c1ccc([N+](=O)[O-])cc1)c1ccccc1. The molecule has 0 aliphatic heterocycles. The fourth-order valence-electron chi connectivity index (χ4n) is 1.84. The molecule has 0 N–H and O–H groups in total. The van der Waals surface area contributed by atoms with Crippen molar-refractivity contribution in [1.82, 2.24) is 0 Å². The summed E-state index contributed by atoms with van der Waals surface area (Å²) in [6.45, 7) is 0. The average Bonchev–Trinajstić information content (AvgIpc) is 2.55. The molecule has 22 heavy (non-hydrogen) atoms. The van der Waals surface area contributed by atoms with Crippen molar-refractivity contribution in [3.05, 3.63) is 70.3 Å². The lowest BCUT2D eigenvalue weighted by Gasteiger charge is -2.11. The minimum Gasteiger partial charge on any atom is -0.294 e. The van der Waals surface area contributed by atoms with E-state index in [1.807, 2.05) is 30.3 Å². The largest absolute Gasteiger partial charge is 0.294 e. The summed E-state index contributed by atoms with van der Waals surface area (Å²) in [5.41, 5.74) is 1.31. The molecule has 0 saturated heterocycles. The van der Waals surface area contributed by atoms with E-state index in [0.29, 0.717) is 5.56 Å². The third kappa shape index (κ3) is 3.99. The normalized spacial score (nSPS) is 10.6. The van der Waals surface area contributed by atoms with Crippen molar-refractivity contribution in [2.45, 2.75) is 6.42 Å². The van der Waals surface area contributed by atoms with Gasteiger partial charge in [-0.25, -0.2) is 0 Å². The predicted molar refractivity (Wildman–Crippen MR) is 85.4 cm³/mol. The minimum atomic E-state index is -0.496. The van der Waals surface area contributed by atoms with Crippen LogP contribution < -0.4 is 5.01 Å². The maximum absolute atomic E-state index is 12.0. The van der Waals surface area contributed by atoms with Crippen LogP contribution in [0.4, 0.5) is 11.4 Å². The third-order valence-electron chi connectivity index (χ3n) is 3.06. The molecule has 0 saturated carbocycles. The first-order valence-corrected chi connectivity index (χ1v) is 6.67. The van der Waals surface area contributed by atoms with Crippen LogP contribution >= 0.6 is 0 Å². The Morgan fingerprint density at radius 3 is 2.41 bits per heavy atom. The van der Waals surface area contributed by atoms with E-state index < -0.39 is 4.92 Å². The van der Waals surface area contributed by atoms with E-state index in [1.54, 1.807) is 12.1 Å². The summed E-state index contributed by atoms with van der Waals surface area (Å²) in [5, 5.41) is 16.4. The summed E-state index contributed by atoms with van der Waals surface area (Å²) in [6, 6.07) is 15.1. The number of nitrogens with zero attached hydrogens (tertiary/aromatic N) is 3. The molecule has 0 heterocycles. The van der Waals surface area contributed by atoms with Crippen LogP contribution in [0.5, 0.6) is 0 Å². The van der Waals surface area contributed by atoms with E-state index in [4.69, 9.17) is 0 Å². The maximum Gasteiger partial charge on any atom is 0.269 e. The smallest absolute Gasteiger partial charge is 0.269 e. The molecular weight excluding hydrogens is 282 g/mol. The Kier molecular flexibility index (Phi) is 4.98. The molecule has 0 aliphatic carbocycles. The van der Waals surface area contributed by atoms with Crippen LogP contribution in [0.15, 0.2) is 59.7 Å². The fraction of sp³-hybridized carbons (Fsp3) is 0.125. The summed E-state index contributed by atoms with van der Waals surface area (Å²) >= 11 is 0. The number of hydrogen-bond donors (Lipinski definition) is 0. The third-order valence-corrected chi connectivity index (χ3v) is 3.06. The van der Waals surface area contributed by atoms with Gasteiger partial charge in [0.05, 0.1) is 10.6 Å². The van der Waals surface area contributed by atoms with E-state index in [0.717, 1.165) is 5.69 Å². The van der Waals surface area contributed by atoms with Crippen LogP contribution in [0.1, 0.15) is 16.8 Å². The number of para-hydroxylation sites is 1. The van der Waals surface area contributed by atoms with Gasteiger partial charge in [-0.05, 0) is 24.3 Å². The van der Waals surface area contributed by atoms with Crippen LogP contribution in [0, 0.1) is 10.1 Å². The summed E-state index contributed by atoms with van der Waals surface area (Å²) in [7, 11) is 1.79. The molecule has 0 atom stereocenters. The van der Waals surface area contributed by atoms with Crippen molar-refractivity contribution in [3.8, 4) is 0 Å². The maximum atomic E-state index is 12.0. The van der Waals surface area contributed by atoms with Gasteiger partial charge in [-0.3, -0.25) is 19.9 Å². The topological polar surface area (TPSA) is 75.8 Å². The molecule has 0 bridgehead atoms. The molecule has 0 amide bonds. The van der Waals surface area contributed by atoms with Crippen LogP contribution in [0.25, 0.3) is 0 Å². The number of nitro groups is 1. The molecule has 0 aliphatic rings. The first-order chi connectivity index (χ1) is 10.6. The lowest BCUT2D eigenvalue weighted by molar-refractivity contribution is -0.384. The summed E-state index contributed by atoms with van der Waals surface area (Å²) in [6.07, 6.45) is 1.66. The molecule has 2 rings (SSSR count). The van der Waals surface area contributed by atoms with Gasteiger partial charge in [0, 0.05) is 37.4 Å². The Balaban J connectivity index is 1.94. The Morgan fingerprint density at radius 1 is 1.18 bits per heavy atom. The molecule has 0 unspecified atom stereocenters. The molecular formula is C16H15N3O3. The van der Waals surface area contributed by atoms with E-state index in [-0.39, 0.29) is 17.9 Å². The number of rotatable bonds is 6. The van der Waals surface area contributed by atoms with Gasteiger partial charge >= 0.3 is 0 Å². The summed E-state index contributed by atoms with van der Waals surface area (Å²) < 4.78 is 0. The number of benzene rings is 2. The van der Waals surface area contributed by atoms with Gasteiger partial charge in [0.2, 0.25) is 0 Å². The van der Waals surface area contributed by atoms with Gasteiger partial charge in [-0.1, -0.05) is 18.2 Å². The summed E-state index contributed by atoms with van der Waals surface area (Å²) in [4.78, 5) is 22.0. The van der Waals surface area contributed by atoms with Crippen LogP contribution in [-0.2, 0) is 0 Å². The second kappa shape index (κ2) is 7.12. The van der Waals surface area contributed by atoms with Crippen molar-refractivity contribution in [2.24, 2.45) is 5.10 Å². The first kappa shape index (κ1) is 15.4. The lowest BCUT2D eigenvalue weighted by Crippen LogP contribution is -2.09. The molecule has 6 nitrogen and oxygen atoms in total. The van der Waals surface area contributed by atoms with Crippen LogP contribution in [0.3, 0.4) is 0 Å². The zero-order valence-electron chi connectivity index (χ0n) is 12.0. The molecule has 2 aromatic carbocycles. The Bertz CT molecular complexity index is 682. The van der Waals surface area contributed by atoms with Crippen molar-refractivity contribution in [3.63, 3.8) is 0 Å². The van der Waals surface area contributed by atoms with Crippen molar-refractivity contribution in [1.29, 1.82) is 0 Å². The number of nitro benzene ring substituents is 1. The molecule has 0 spiro atoms. The number of hydrogen-bond acceptors (Lipinski definition) is 5. The van der Waals surface area contributed by atoms with Crippen molar-refractivity contribution < 1.29 is 9.72 Å². The quantitative estimate of drug-likeness (QED) is 0.355. The standard InChI is InChI=1S/C16H15N3O3/c1-18(14-5-3-2-4-6-14)17-12-11-16(20)13-7-9-15(10-8-13)19(21)22/h2-10,12H,11H2,1H3/b17-12+. The number of carbonyl (C=O) groups is 1. The van der Waals surface area contributed by atoms with E-state index in [2.05, 4.69) is 5.10 Å². The van der Waals surface area contributed by atoms with Gasteiger partial charge in [-0.2, -0.15) is 5.10 Å². The van der Waals surface area contributed by atoms with E-state index in [1.165, 1.54) is 30.5 Å². The first-order valence-electron chi connectivity index (χ1n) is 6.67. The number of non-ortho nitro benzene ring substituents is 1. The van der Waals surface area contributed by atoms with Gasteiger partial charge in [0.25, 0.3) is 5.69 Å². The molecule has 0 radical (unpaired) electrons. The van der Waals surface area contributed by atoms with Gasteiger partial charge in [0.15, 0.2) is 5.78 Å². The van der Waals surface area contributed by atoms with Crippen molar-refractivity contribution in [2.75, 3.05) is 12.1 Å². The second-order valence-corrected chi connectivity index (χ2v) is 4.59. The molecule has 2 aromatic rings. The van der Waals surface area contributed by atoms with E-state index in [9.17, 15) is 14.9 Å².